The van der Waals surface area contributed by atoms with Crippen molar-refractivity contribution in [2.45, 2.75) is 19.1 Å². The topological polar surface area (TPSA) is 59.2 Å². The van der Waals surface area contributed by atoms with E-state index in [4.69, 9.17) is 4.52 Å². The summed E-state index contributed by atoms with van der Waals surface area (Å²) in [5.74, 6) is 3.02. The van der Waals surface area contributed by atoms with E-state index in [2.05, 4.69) is 17.1 Å². The molecule has 0 aliphatic heterocycles. The largest absolute Gasteiger partial charge is 0.507 e. The quantitative estimate of drug-likeness (QED) is 0.826. The first-order chi connectivity index (χ1) is 8.31. The van der Waals surface area contributed by atoms with Crippen LogP contribution < -0.4 is 0 Å². The van der Waals surface area contributed by atoms with Gasteiger partial charge in [0.15, 0.2) is 5.82 Å². The SMILES string of the molecule is CCCSCc1noc(-c2ccccc2O)n1. The van der Waals surface area contributed by atoms with Crippen molar-refractivity contribution in [3.8, 4) is 17.2 Å². The van der Waals surface area contributed by atoms with Crippen LogP contribution in [0.25, 0.3) is 11.5 Å². The fourth-order valence-electron chi connectivity index (χ4n) is 1.38. The number of aromatic hydroxyl groups is 1. The van der Waals surface area contributed by atoms with Gasteiger partial charge in [0.25, 0.3) is 5.89 Å². The third kappa shape index (κ3) is 3.00. The van der Waals surface area contributed by atoms with Crippen LogP contribution in [0.4, 0.5) is 0 Å². The van der Waals surface area contributed by atoms with Gasteiger partial charge in [-0.2, -0.15) is 16.7 Å². The lowest BCUT2D eigenvalue weighted by Gasteiger charge is -1.96. The molecule has 17 heavy (non-hydrogen) atoms. The van der Waals surface area contributed by atoms with E-state index in [-0.39, 0.29) is 5.75 Å². The number of hydrogen-bond donors (Lipinski definition) is 1. The molecule has 1 aromatic carbocycles. The molecule has 0 fully saturated rings. The summed E-state index contributed by atoms with van der Waals surface area (Å²) >= 11 is 1.77. The van der Waals surface area contributed by atoms with E-state index in [0.717, 1.165) is 17.9 Å². The van der Waals surface area contributed by atoms with Gasteiger partial charge >= 0.3 is 0 Å². The average Bonchev–Trinajstić information content (AvgIpc) is 2.79. The Balaban J connectivity index is 2.10. The Morgan fingerprint density at radius 1 is 1.35 bits per heavy atom. The van der Waals surface area contributed by atoms with Crippen LogP contribution in [-0.4, -0.2) is 21.0 Å². The van der Waals surface area contributed by atoms with Gasteiger partial charge in [-0.3, -0.25) is 0 Å². The zero-order chi connectivity index (χ0) is 12.1. The van der Waals surface area contributed by atoms with Gasteiger partial charge < -0.3 is 9.63 Å². The van der Waals surface area contributed by atoms with Crippen LogP contribution in [0.1, 0.15) is 19.2 Å². The van der Waals surface area contributed by atoms with Crippen molar-refractivity contribution < 1.29 is 9.63 Å². The number of phenolic OH excluding ortho intramolecular Hbond substituents is 1. The molecule has 4 nitrogen and oxygen atoms in total. The van der Waals surface area contributed by atoms with E-state index in [1.165, 1.54) is 0 Å². The standard InChI is InChI=1S/C12H14N2O2S/c1-2-7-17-8-11-13-12(16-14-11)9-5-3-4-6-10(9)15/h3-6,15H,2,7-8H2,1H3. The van der Waals surface area contributed by atoms with E-state index in [0.29, 0.717) is 17.3 Å². The zero-order valence-corrected chi connectivity index (χ0v) is 10.4. The number of hydrogen-bond acceptors (Lipinski definition) is 5. The summed E-state index contributed by atoms with van der Waals surface area (Å²) in [6.45, 7) is 2.14. The van der Waals surface area contributed by atoms with Gasteiger partial charge in [0.2, 0.25) is 0 Å². The van der Waals surface area contributed by atoms with Crippen molar-refractivity contribution in [1.29, 1.82) is 0 Å². The van der Waals surface area contributed by atoms with Crippen LogP contribution in [0.15, 0.2) is 28.8 Å². The second-order valence-corrected chi connectivity index (χ2v) is 4.69. The Kier molecular flexibility index (Phi) is 4.03. The molecule has 5 heteroatoms. The predicted molar refractivity (Wildman–Crippen MR) is 67.9 cm³/mol. The number of rotatable bonds is 5. The van der Waals surface area contributed by atoms with Gasteiger partial charge in [-0.25, -0.2) is 0 Å². The highest BCUT2D eigenvalue weighted by atomic mass is 32.2. The summed E-state index contributed by atoms with van der Waals surface area (Å²) < 4.78 is 5.13. The summed E-state index contributed by atoms with van der Waals surface area (Å²) in [6.07, 6.45) is 1.13. The molecule has 0 spiro atoms. The minimum Gasteiger partial charge on any atom is -0.507 e. The smallest absolute Gasteiger partial charge is 0.261 e. The molecule has 2 rings (SSSR count). The van der Waals surface area contributed by atoms with Crippen molar-refractivity contribution >= 4 is 11.8 Å². The highest BCUT2D eigenvalue weighted by Crippen LogP contribution is 2.27. The third-order valence-corrected chi connectivity index (χ3v) is 3.34. The number of benzene rings is 1. The molecule has 2 aromatic rings. The summed E-state index contributed by atoms with van der Waals surface area (Å²) in [5.41, 5.74) is 0.576. The van der Waals surface area contributed by atoms with Crippen LogP contribution >= 0.6 is 11.8 Å². The first-order valence-electron chi connectivity index (χ1n) is 5.50. The first kappa shape index (κ1) is 12.0. The fourth-order valence-corrected chi connectivity index (χ4v) is 2.12. The molecular weight excluding hydrogens is 236 g/mol. The van der Waals surface area contributed by atoms with E-state index < -0.39 is 0 Å². The molecule has 1 N–H and O–H groups in total. The highest BCUT2D eigenvalue weighted by molar-refractivity contribution is 7.98. The number of aromatic nitrogens is 2. The molecule has 0 atom stereocenters. The highest BCUT2D eigenvalue weighted by Gasteiger charge is 2.11. The molecule has 0 saturated heterocycles. The normalized spacial score (nSPS) is 10.6. The summed E-state index contributed by atoms with van der Waals surface area (Å²) in [7, 11) is 0. The van der Waals surface area contributed by atoms with Gasteiger partial charge in [0.05, 0.1) is 11.3 Å². The summed E-state index contributed by atoms with van der Waals surface area (Å²) in [5, 5.41) is 13.5. The Morgan fingerprint density at radius 3 is 2.94 bits per heavy atom. The zero-order valence-electron chi connectivity index (χ0n) is 9.59. The maximum absolute atomic E-state index is 9.65. The molecular formula is C12H14N2O2S. The van der Waals surface area contributed by atoms with Crippen LogP contribution in [0.3, 0.4) is 0 Å². The van der Waals surface area contributed by atoms with E-state index in [1.807, 2.05) is 6.07 Å². The molecule has 0 unspecified atom stereocenters. The third-order valence-electron chi connectivity index (χ3n) is 2.18. The number of nitrogens with zero attached hydrogens (tertiary/aromatic N) is 2. The summed E-state index contributed by atoms with van der Waals surface area (Å²) in [4.78, 5) is 4.25. The van der Waals surface area contributed by atoms with E-state index >= 15 is 0 Å². The van der Waals surface area contributed by atoms with Crippen LogP contribution in [0, 0.1) is 0 Å². The molecule has 0 aliphatic rings. The minimum absolute atomic E-state index is 0.156. The average molecular weight is 250 g/mol. The monoisotopic (exact) mass is 250 g/mol. The van der Waals surface area contributed by atoms with Gasteiger partial charge in [-0.05, 0) is 24.3 Å². The second-order valence-electron chi connectivity index (χ2n) is 3.59. The predicted octanol–water partition coefficient (Wildman–Crippen LogP) is 3.09. The molecule has 90 valence electrons. The molecule has 0 saturated carbocycles. The van der Waals surface area contributed by atoms with Crippen molar-refractivity contribution in [2.75, 3.05) is 5.75 Å². The minimum atomic E-state index is 0.156. The van der Waals surface area contributed by atoms with Gasteiger partial charge in [-0.1, -0.05) is 24.2 Å². The molecule has 0 amide bonds. The lowest BCUT2D eigenvalue weighted by atomic mass is 10.2. The Hall–Kier alpha value is -1.49. The first-order valence-corrected chi connectivity index (χ1v) is 6.65. The number of para-hydroxylation sites is 1. The number of thioether (sulfide) groups is 1. The summed E-state index contributed by atoms with van der Waals surface area (Å²) in [6, 6.07) is 6.94. The lowest BCUT2D eigenvalue weighted by Crippen LogP contribution is -1.85. The van der Waals surface area contributed by atoms with Crippen LogP contribution in [0.2, 0.25) is 0 Å². The Morgan fingerprint density at radius 2 is 2.18 bits per heavy atom. The van der Waals surface area contributed by atoms with Gasteiger partial charge in [-0.15, -0.1) is 0 Å². The van der Waals surface area contributed by atoms with Gasteiger partial charge in [0, 0.05) is 0 Å². The Labute approximate surface area is 104 Å². The molecule has 0 bridgehead atoms. The fraction of sp³-hybridized carbons (Fsp3) is 0.333. The lowest BCUT2D eigenvalue weighted by molar-refractivity contribution is 0.419. The molecule has 1 heterocycles. The van der Waals surface area contributed by atoms with Gasteiger partial charge in [0.1, 0.15) is 5.75 Å². The van der Waals surface area contributed by atoms with Crippen molar-refractivity contribution in [1.82, 2.24) is 10.1 Å². The van der Waals surface area contributed by atoms with Crippen molar-refractivity contribution in [3.63, 3.8) is 0 Å². The van der Waals surface area contributed by atoms with E-state index in [1.54, 1.807) is 30.0 Å². The molecule has 1 aromatic heterocycles. The van der Waals surface area contributed by atoms with Crippen molar-refractivity contribution in [2.24, 2.45) is 0 Å². The maximum atomic E-state index is 9.65. The molecule has 0 radical (unpaired) electrons. The molecule has 0 aliphatic carbocycles. The van der Waals surface area contributed by atoms with Crippen LogP contribution in [-0.2, 0) is 5.75 Å². The maximum Gasteiger partial charge on any atom is 0.261 e. The van der Waals surface area contributed by atoms with Crippen molar-refractivity contribution in [3.05, 3.63) is 30.1 Å². The Bertz CT molecular complexity index is 485. The number of phenols is 1. The van der Waals surface area contributed by atoms with Crippen LogP contribution in [0.5, 0.6) is 5.75 Å². The van der Waals surface area contributed by atoms with E-state index in [9.17, 15) is 5.11 Å². The second kappa shape index (κ2) is 5.72.